The fourth-order valence-electron chi connectivity index (χ4n) is 2.26. The van der Waals surface area contributed by atoms with Crippen LogP contribution < -0.4 is 10.5 Å². The van der Waals surface area contributed by atoms with E-state index in [2.05, 4.69) is 6.92 Å². The van der Waals surface area contributed by atoms with Gasteiger partial charge in [0.1, 0.15) is 0 Å². The first kappa shape index (κ1) is 11.4. The van der Waals surface area contributed by atoms with Crippen molar-refractivity contribution in [3.05, 3.63) is 29.6 Å². The van der Waals surface area contributed by atoms with E-state index in [0.29, 0.717) is 18.2 Å². The molecule has 1 aliphatic rings. The Morgan fingerprint density at radius 2 is 2.19 bits per heavy atom. The van der Waals surface area contributed by atoms with Crippen molar-refractivity contribution in [3.63, 3.8) is 0 Å². The number of halogens is 1. The fraction of sp³-hybridized carbons (Fsp3) is 0.538. The number of ether oxygens (including phenoxy) is 1. The summed E-state index contributed by atoms with van der Waals surface area (Å²) in [6, 6.07) is 5.16. The molecule has 1 aromatic rings. The molecule has 1 unspecified atom stereocenters. The molecule has 16 heavy (non-hydrogen) atoms. The van der Waals surface area contributed by atoms with Crippen LogP contribution in [0.3, 0.4) is 0 Å². The van der Waals surface area contributed by atoms with Gasteiger partial charge in [-0.3, -0.25) is 0 Å². The van der Waals surface area contributed by atoms with Gasteiger partial charge in [0, 0.05) is 12.0 Å². The van der Waals surface area contributed by atoms with Crippen LogP contribution in [0.5, 0.6) is 5.75 Å². The molecular formula is C13H18FNO. The summed E-state index contributed by atoms with van der Waals surface area (Å²) >= 11 is 0. The van der Waals surface area contributed by atoms with E-state index < -0.39 is 0 Å². The molecule has 0 radical (unpaired) electrons. The van der Waals surface area contributed by atoms with Gasteiger partial charge in [0.2, 0.25) is 0 Å². The van der Waals surface area contributed by atoms with Crippen LogP contribution >= 0.6 is 0 Å². The van der Waals surface area contributed by atoms with Crippen molar-refractivity contribution in [2.75, 3.05) is 13.7 Å². The van der Waals surface area contributed by atoms with E-state index in [4.69, 9.17) is 10.5 Å². The lowest BCUT2D eigenvalue weighted by molar-refractivity contribution is 0.380. The molecule has 1 aromatic carbocycles. The normalized spacial score (nSPS) is 19.2. The molecule has 1 fully saturated rings. The van der Waals surface area contributed by atoms with Crippen molar-refractivity contribution < 1.29 is 9.13 Å². The number of hydrogen-bond donors (Lipinski definition) is 1. The Hall–Kier alpha value is -1.09. The van der Waals surface area contributed by atoms with Gasteiger partial charge in [-0.05, 0) is 36.5 Å². The predicted molar refractivity (Wildman–Crippen MR) is 62.1 cm³/mol. The zero-order chi connectivity index (χ0) is 11.8. The number of rotatable bonds is 4. The molecule has 2 nitrogen and oxygen atoms in total. The average molecular weight is 223 g/mol. The van der Waals surface area contributed by atoms with Crippen LogP contribution in [0.1, 0.15) is 25.3 Å². The Balaban J connectivity index is 2.35. The van der Waals surface area contributed by atoms with E-state index in [9.17, 15) is 4.39 Å². The van der Waals surface area contributed by atoms with Crippen LogP contribution in [0, 0.1) is 11.7 Å². The molecule has 0 aromatic heterocycles. The Bertz CT molecular complexity index is 390. The molecule has 2 N–H and O–H groups in total. The third kappa shape index (κ3) is 1.80. The summed E-state index contributed by atoms with van der Waals surface area (Å²) in [5, 5.41) is 0. The Morgan fingerprint density at radius 1 is 1.50 bits per heavy atom. The van der Waals surface area contributed by atoms with E-state index in [1.165, 1.54) is 20.0 Å². The molecule has 3 heteroatoms. The third-order valence-corrected chi connectivity index (χ3v) is 3.71. The van der Waals surface area contributed by atoms with Gasteiger partial charge in [-0.25, -0.2) is 4.39 Å². The lowest BCUT2D eigenvalue weighted by atomic mass is 9.78. The molecule has 0 heterocycles. The van der Waals surface area contributed by atoms with Crippen LogP contribution in [0.4, 0.5) is 4.39 Å². The van der Waals surface area contributed by atoms with Crippen LogP contribution in [0.15, 0.2) is 18.2 Å². The highest BCUT2D eigenvalue weighted by molar-refractivity contribution is 5.35. The fourth-order valence-corrected chi connectivity index (χ4v) is 2.26. The van der Waals surface area contributed by atoms with Gasteiger partial charge in [-0.2, -0.15) is 0 Å². The molecule has 0 aliphatic heterocycles. The SMILES string of the molecule is COc1ccc(C(C)(CN)C2CC2)cc1F. The highest BCUT2D eigenvalue weighted by Gasteiger charge is 2.41. The highest BCUT2D eigenvalue weighted by Crippen LogP contribution is 2.47. The molecule has 88 valence electrons. The molecule has 2 rings (SSSR count). The summed E-state index contributed by atoms with van der Waals surface area (Å²) in [4.78, 5) is 0. The minimum absolute atomic E-state index is 0.0902. The van der Waals surface area contributed by atoms with Gasteiger partial charge in [-0.15, -0.1) is 0 Å². The molecule has 0 bridgehead atoms. The maximum Gasteiger partial charge on any atom is 0.165 e. The second kappa shape index (κ2) is 4.06. The molecule has 0 amide bonds. The smallest absolute Gasteiger partial charge is 0.165 e. The van der Waals surface area contributed by atoms with E-state index in [-0.39, 0.29) is 11.2 Å². The van der Waals surface area contributed by atoms with E-state index in [0.717, 1.165) is 5.56 Å². The van der Waals surface area contributed by atoms with Gasteiger partial charge in [0.25, 0.3) is 0 Å². The van der Waals surface area contributed by atoms with Crippen molar-refractivity contribution >= 4 is 0 Å². The maximum absolute atomic E-state index is 13.6. The van der Waals surface area contributed by atoms with Gasteiger partial charge < -0.3 is 10.5 Å². The molecule has 1 atom stereocenters. The minimum Gasteiger partial charge on any atom is -0.494 e. The summed E-state index contributed by atoms with van der Waals surface area (Å²) in [7, 11) is 1.47. The first-order chi connectivity index (χ1) is 7.61. The topological polar surface area (TPSA) is 35.2 Å². The number of nitrogens with two attached hydrogens (primary N) is 1. The summed E-state index contributed by atoms with van der Waals surface area (Å²) < 4.78 is 18.6. The van der Waals surface area contributed by atoms with Gasteiger partial charge >= 0.3 is 0 Å². The number of benzene rings is 1. The second-order valence-corrected chi connectivity index (χ2v) is 4.75. The molecular weight excluding hydrogens is 205 g/mol. The van der Waals surface area contributed by atoms with Crippen LogP contribution in [-0.2, 0) is 5.41 Å². The lowest BCUT2D eigenvalue weighted by Crippen LogP contribution is -2.34. The summed E-state index contributed by atoms with van der Waals surface area (Å²) in [5.41, 5.74) is 6.74. The summed E-state index contributed by atoms with van der Waals surface area (Å²) in [6.07, 6.45) is 2.39. The third-order valence-electron chi connectivity index (χ3n) is 3.71. The van der Waals surface area contributed by atoms with E-state index in [1.807, 2.05) is 6.07 Å². The first-order valence-corrected chi connectivity index (χ1v) is 5.66. The van der Waals surface area contributed by atoms with E-state index in [1.54, 1.807) is 12.1 Å². The van der Waals surface area contributed by atoms with Crippen LogP contribution in [0.2, 0.25) is 0 Å². The average Bonchev–Trinajstić information content (AvgIpc) is 3.12. The summed E-state index contributed by atoms with van der Waals surface area (Å²) in [6.45, 7) is 2.68. The monoisotopic (exact) mass is 223 g/mol. The van der Waals surface area contributed by atoms with Crippen molar-refractivity contribution in [2.45, 2.75) is 25.2 Å². The van der Waals surface area contributed by atoms with Gasteiger partial charge in [0.05, 0.1) is 7.11 Å². The molecule has 0 spiro atoms. The van der Waals surface area contributed by atoms with Gasteiger partial charge in [-0.1, -0.05) is 13.0 Å². The Morgan fingerprint density at radius 3 is 2.62 bits per heavy atom. The second-order valence-electron chi connectivity index (χ2n) is 4.75. The van der Waals surface area contributed by atoms with Gasteiger partial charge in [0.15, 0.2) is 11.6 Å². The Kier molecular flexibility index (Phi) is 2.89. The zero-order valence-electron chi connectivity index (χ0n) is 9.79. The largest absolute Gasteiger partial charge is 0.494 e. The molecule has 1 aliphatic carbocycles. The number of methoxy groups -OCH3 is 1. The van der Waals surface area contributed by atoms with Crippen LogP contribution in [0.25, 0.3) is 0 Å². The highest BCUT2D eigenvalue weighted by atomic mass is 19.1. The van der Waals surface area contributed by atoms with Crippen molar-refractivity contribution in [1.29, 1.82) is 0 Å². The Labute approximate surface area is 95.6 Å². The summed E-state index contributed by atoms with van der Waals surface area (Å²) in [5.74, 6) is 0.588. The maximum atomic E-state index is 13.6. The van der Waals surface area contributed by atoms with Crippen molar-refractivity contribution in [1.82, 2.24) is 0 Å². The predicted octanol–water partition coefficient (Wildman–Crippen LogP) is 2.46. The first-order valence-electron chi connectivity index (χ1n) is 5.66. The quantitative estimate of drug-likeness (QED) is 0.851. The lowest BCUT2D eigenvalue weighted by Gasteiger charge is -2.28. The minimum atomic E-state index is -0.305. The van der Waals surface area contributed by atoms with Crippen molar-refractivity contribution in [3.8, 4) is 5.75 Å². The molecule has 1 saturated carbocycles. The standard InChI is InChI=1S/C13H18FNO/c1-13(8-15,9-3-4-9)10-5-6-12(16-2)11(14)7-10/h5-7,9H,3-4,8,15H2,1-2H3. The molecule has 0 saturated heterocycles. The number of hydrogen-bond acceptors (Lipinski definition) is 2. The van der Waals surface area contributed by atoms with Crippen molar-refractivity contribution in [2.24, 2.45) is 11.7 Å². The van der Waals surface area contributed by atoms with Crippen LogP contribution in [-0.4, -0.2) is 13.7 Å². The zero-order valence-corrected chi connectivity index (χ0v) is 9.79. The van der Waals surface area contributed by atoms with E-state index >= 15 is 0 Å².